The number of aliphatic hydroxyl groups is 1. The van der Waals surface area contributed by atoms with Gasteiger partial charge in [-0.25, -0.2) is 14.2 Å². The highest BCUT2D eigenvalue weighted by molar-refractivity contribution is 5.88. The molecule has 1 aromatic heterocycles. The largest absolute Gasteiger partial charge is 0.478 e. The summed E-state index contributed by atoms with van der Waals surface area (Å²) in [5, 5.41) is 17.7. The third-order valence-corrected chi connectivity index (χ3v) is 3.22. The lowest BCUT2D eigenvalue weighted by Crippen LogP contribution is -2.23. The standard InChI is InChI=1S/C12H15FN2O3/c13-10-9(12(17)18)1-4-14-11(10)15-5-2-8(7-15)3-6-16/h1,4,8,16H,2-3,5-7H2,(H,17,18). The van der Waals surface area contributed by atoms with Gasteiger partial charge in [-0.1, -0.05) is 0 Å². The van der Waals surface area contributed by atoms with Crippen LogP contribution in [-0.2, 0) is 0 Å². The van der Waals surface area contributed by atoms with Crippen molar-refractivity contribution in [3.63, 3.8) is 0 Å². The van der Waals surface area contributed by atoms with Crippen LogP contribution in [0.4, 0.5) is 10.2 Å². The van der Waals surface area contributed by atoms with Crippen LogP contribution in [0.15, 0.2) is 12.3 Å². The normalized spacial score (nSPS) is 19.2. The molecule has 1 unspecified atom stereocenters. The van der Waals surface area contributed by atoms with Gasteiger partial charge in [-0.2, -0.15) is 0 Å². The van der Waals surface area contributed by atoms with E-state index in [4.69, 9.17) is 10.2 Å². The molecule has 0 aromatic carbocycles. The van der Waals surface area contributed by atoms with Crippen LogP contribution in [0.25, 0.3) is 0 Å². The van der Waals surface area contributed by atoms with Crippen LogP contribution in [-0.4, -0.2) is 40.9 Å². The number of pyridine rings is 1. The predicted molar refractivity (Wildman–Crippen MR) is 63.2 cm³/mol. The zero-order valence-corrected chi connectivity index (χ0v) is 9.84. The van der Waals surface area contributed by atoms with E-state index in [0.29, 0.717) is 25.4 Å². The van der Waals surface area contributed by atoms with Crippen LogP contribution in [0, 0.1) is 11.7 Å². The fraction of sp³-hybridized carbons (Fsp3) is 0.500. The van der Waals surface area contributed by atoms with Crippen molar-refractivity contribution in [2.75, 3.05) is 24.6 Å². The molecular formula is C12H15FN2O3. The highest BCUT2D eigenvalue weighted by atomic mass is 19.1. The van der Waals surface area contributed by atoms with Crippen LogP contribution < -0.4 is 4.90 Å². The number of nitrogens with zero attached hydrogens (tertiary/aromatic N) is 2. The summed E-state index contributed by atoms with van der Waals surface area (Å²) in [6, 6.07) is 1.16. The molecule has 1 aliphatic heterocycles. The Morgan fingerprint density at radius 2 is 2.39 bits per heavy atom. The average molecular weight is 254 g/mol. The van der Waals surface area contributed by atoms with E-state index in [2.05, 4.69) is 4.98 Å². The van der Waals surface area contributed by atoms with Gasteiger partial charge in [0.1, 0.15) is 5.56 Å². The van der Waals surface area contributed by atoms with E-state index >= 15 is 0 Å². The van der Waals surface area contributed by atoms with Crippen LogP contribution in [0.5, 0.6) is 0 Å². The summed E-state index contributed by atoms with van der Waals surface area (Å²) in [6.07, 6.45) is 2.84. The van der Waals surface area contributed by atoms with E-state index in [9.17, 15) is 9.18 Å². The Morgan fingerprint density at radius 1 is 1.61 bits per heavy atom. The van der Waals surface area contributed by atoms with Crippen molar-refractivity contribution in [1.82, 2.24) is 4.98 Å². The average Bonchev–Trinajstić information content (AvgIpc) is 2.78. The monoisotopic (exact) mass is 254 g/mol. The van der Waals surface area contributed by atoms with E-state index in [1.54, 1.807) is 4.90 Å². The smallest absolute Gasteiger partial charge is 0.338 e. The molecule has 0 radical (unpaired) electrons. The van der Waals surface area contributed by atoms with Gasteiger partial charge in [-0.05, 0) is 24.8 Å². The summed E-state index contributed by atoms with van der Waals surface area (Å²) in [7, 11) is 0. The number of aromatic carboxylic acids is 1. The number of anilines is 1. The number of aromatic nitrogens is 1. The number of carboxylic acid groups (broad SMARTS) is 1. The topological polar surface area (TPSA) is 73.7 Å². The fourth-order valence-corrected chi connectivity index (χ4v) is 2.26. The molecule has 1 atom stereocenters. The zero-order chi connectivity index (χ0) is 13.1. The molecule has 1 aromatic rings. The Bertz CT molecular complexity index is 453. The maximum Gasteiger partial charge on any atom is 0.338 e. The number of hydrogen-bond donors (Lipinski definition) is 2. The Balaban J connectivity index is 2.19. The molecule has 2 rings (SSSR count). The second-order valence-electron chi connectivity index (χ2n) is 4.41. The first-order valence-electron chi connectivity index (χ1n) is 5.87. The number of rotatable bonds is 4. The van der Waals surface area contributed by atoms with Gasteiger partial charge in [0.05, 0.1) is 0 Å². The summed E-state index contributed by atoms with van der Waals surface area (Å²) in [6.45, 7) is 1.36. The van der Waals surface area contributed by atoms with Gasteiger partial charge in [-0.15, -0.1) is 0 Å². The Labute approximate surface area is 104 Å². The third kappa shape index (κ3) is 2.43. The molecule has 18 heavy (non-hydrogen) atoms. The van der Waals surface area contributed by atoms with Gasteiger partial charge in [0.15, 0.2) is 11.6 Å². The molecule has 2 heterocycles. The maximum absolute atomic E-state index is 14.0. The lowest BCUT2D eigenvalue weighted by Gasteiger charge is -2.18. The molecule has 1 saturated heterocycles. The molecule has 98 valence electrons. The van der Waals surface area contributed by atoms with Gasteiger partial charge in [0, 0.05) is 25.9 Å². The molecule has 1 aliphatic rings. The molecule has 2 N–H and O–H groups in total. The molecule has 0 aliphatic carbocycles. The highest BCUT2D eigenvalue weighted by Gasteiger charge is 2.26. The van der Waals surface area contributed by atoms with Crippen molar-refractivity contribution in [3.8, 4) is 0 Å². The minimum Gasteiger partial charge on any atom is -0.478 e. The van der Waals surface area contributed by atoms with Gasteiger partial charge in [-0.3, -0.25) is 0 Å². The SMILES string of the molecule is O=C(O)c1ccnc(N2CCC(CCO)C2)c1F. The molecule has 0 bridgehead atoms. The molecule has 0 saturated carbocycles. The molecule has 0 amide bonds. The van der Waals surface area contributed by atoms with Crippen molar-refractivity contribution >= 4 is 11.8 Å². The van der Waals surface area contributed by atoms with E-state index in [1.165, 1.54) is 6.20 Å². The number of carbonyl (C=O) groups is 1. The number of hydrogen-bond acceptors (Lipinski definition) is 4. The Morgan fingerprint density at radius 3 is 3.06 bits per heavy atom. The first kappa shape index (κ1) is 12.8. The molecular weight excluding hydrogens is 239 g/mol. The van der Waals surface area contributed by atoms with E-state index in [-0.39, 0.29) is 18.0 Å². The van der Waals surface area contributed by atoms with E-state index in [1.807, 2.05) is 0 Å². The summed E-state index contributed by atoms with van der Waals surface area (Å²) in [5.41, 5.74) is -0.356. The van der Waals surface area contributed by atoms with Gasteiger partial charge < -0.3 is 15.1 Å². The summed E-state index contributed by atoms with van der Waals surface area (Å²) in [5.74, 6) is -1.67. The second kappa shape index (κ2) is 5.30. The van der Waals surface area contributed by atoms with Crippen molar-refractivity contribution < 1.29 is 19.4 Å². The van der Waals surface area contributed by atoms with Crippen molar-refractivity contribution in [3.05, 3.63) is 23.6 Å². The molecule has 0 spiro atoms. The van der Waals surface area contributed by atoms with Crippen molar-refractivity contribution in [1.29, 1.82) is 0 Å². The summed E-state index contributed by atoms with van der Waals surface area (Å²) in [4.78, 5) is 16.5. The number of aliphatic hydroxyl groups excluding tert-OH is 1. The first-order chi connectivity index (χ1) is 8.63. The summed E-state index contributed by atoms with van der Waals surface area (Å²) >= 11 is 0. The molecule has 5 nitrogen and oxygen atoms in total. The summed E-state index contributed by atoms with van der Waals surface area (Å²) < 4.78 is 14.0. The van der Waals surface area contributed by atoms with Crippen LogP contribution in [0.2, 0.25) is 0 Å². The highest BCUT2D eigenvalue weighted by Crippen LogP contribution is 2.27. The lowest BCUT2D eigenvalue weighted by atomic mass is 10.1. The van der Waals surface area contributed by atoms with Gasteiger partial charge in [0.25, 0.3) is 0 Å². The predicted octanol–water partition coefficient (Wildman–Crippen LogP) is 1.13. The number of carboxylic acids is 1. The molecule has 1 fully saturated rings. The zero-order valence-electron chi connectivity index (χ0n) is 9.84. The minimum atomic E-state index is -1.29. The van der Waals surface area contributed by atoms with Crippen LogP contribution in [0.3, 0.4) is 0 Å². The minimum absolute atomic E-state index is 0.0929. The Hall–Kier alpha value is -1.69. The van der Waals surface area contributed by atoms with Crippen molar-refractivity contribution in [2.45, 2.75) is 12.8 Å². The fourth-order valence-electron chi connectivity index (χ4n) is 2.26. The number of halogens is 1. The third-order valence-electron chi connectivity index (χ3n) is 3.22. The van der Waals surface area contributed by atoms with E-state index in [0.717, 1.165) is 12.5 Å². The van der Waals surface area contributed by atoms with Crippen LogP contribution in [0.1, 0.15) is 23.2 Å². The lowest BCUT2D eigenvalue weighted by molar-refractivity contribution is 0.0691. The quantitative estimate of drug-likeness (QED) is 0.842. The van der Waals surface area contributed by atoms with E-state index < -0.39 is 11.8 Å². The van der Waals surface area contributed by atoms with Crippen molar-refractivity contribution in [2.24, 2.45) is 5.92 Å². The first-order valence-corrected chi connectivity index (χ1v) is 5.87. The van der Waals surface area contributed by atoms with Gasteiger partial charge >= 0.3 is 5.97 Å². The van der Waals surface area contributed by atoms with Gasteiger partial charge in [0.2, 0.25) is 0 Å². The molecule has 6 heteroatoms. The van der Waals surface area contributed by atoms with Crippen LogP contribution >= 0.6 is 0 Å². The maximum atomic E-state index is 14.0. The second-order valence-corrected chi connectivity index (χ2v) is 4.41. The Kier molecular flexibility index (Phi) is 3.76.